The molecule has 0 saturated heterocycles. The van der Waals surface area contributed by atoms with Gasteiger partial charge in [-0.25, -0.2) is 40.2 Å². The van der Waals surface area contributed by atoms with Crippen LogP contribution in [-0.4, -0.2) is 88.5 Å². The number of rotatable bonds is 12. The molecule has 0 spiro atoms. The summed E-state index contributed by atoms with van der Waals surface area (Å²) in [6, 6.07) is 13.1. The van der Waals surface area contributed by atoms with Crippen LogP contribution >= 0.6 is 56.1 Å². The van der Waals surface area contributed by atoms with Crippen LogP contribution in [0.25, 0.3) is 0 Å². The van der Waals surface area contributed by atoms with Gasteiger partial charge in [-0.05, 0) is 60.7 Å². The Morgan fingerprint density at radius 1 is 0.773 bits per heavy atom. The maximum absolute atomic E-state index is 13.6. The summed E-state index contributed by atoms with van der Waals surface area (Å²) in [6.45, 7) is -1.05. The molecule has 15 nitrogen and oxygen atoms in total. The van der Waals surface area contributed by atoms with Gasteiger partial charge in [0.15, 0.2) is 11.4 Å². The van der Waals surface area contributed by atoms with Crippen molar-refractivity contribution in [3.63, 3.8) is 0 Å². The van der Waals surface area contributed by atoms with E-state index in [1.165, 1.54) is 18.1 Å². The number of sulfonamides is 2. The second-order valence-electron chi connectivity index (χ2n) is 12.9. The van der Waals surface area contributed by atoms with E-state index in [0.717, 1.165) is 49.8 Å². The van der Waals surface area contributed by atoms with E-state index in [9.17, 15) is 57.9 Å². The van der Waals surface area contributed by atoms with Crippen LogP contribution in [0.2, 0.25) is 20.1 Å². The number of ether oxygens (including phenoxy) is 3. The quantitative estimate of drug-likeness (QED) is 0.0711. The number of hydrogen-bond acceptors (Lipinski definition) is 11. The van der Waals surface area contributed by atoms with Gasteiger partial charge in [-0.15, -0.1) is 0 Å². The maximum Gasteiger partial charge on any atom is 0.417 e. The van der Waals surface area contributed by atoms with Gasteiger partial charge in [0.1, 0.15) is 25.8 Å². The Bertz CT molecular complexity index is 2920. The monoisotopic (exact) mass is 1070 g/mol. The third-order valence-corrected chi connectivity index (χ3v) is 13.3. The smallest absolute Gasteiger partial charge is 0.417 e. The zero-order valence-electron chi connectivity index (χ0n) is 36.3. The van der Waals surface area contributed by atoms with Crippen LogP contribution in [0.3, 0.4) is 0 Å². The Kier molecular flexibility index (Phi) is 16.0. The van der Waals surface area contributed by atoms with Crippen molar-refractivity contribution >= 4 is 105 Å². The van der Waals surface area contributed by atoms with Crippen molar-refractivity contribution in [3.05, 3.63) is 128 Å². The number of benzene rings is 3. The number of carbonyl (C=O) groups is 2. The van der Waals surface area contributed by atoms with E-state index in [1.54, 1.807) is 24.3 Å². The van der Waals surface area contributed by atoms with Crippen LogP contribution in [0.1, 0.15) is 32.1 Å². The first-order chi connectivity index (χ1) is 32.1. The van der Waals surface area contributed by atoms with Crippen molar-refractivity contribution in [3.8, 4) is 5.75 Å². The predicted octanol–water partition coefficient (Wildman–Crippen LogP) is 9.21. The second-order valence-corrected chi connectivity index (χ2v) is 18.4. The van der Waals surface area contributed by atoms with Gasteiger partial charge in [-0.1, -0.05) is 58.5 Å². The fourth-order valence-electron chi connectivity index (χ4n) is 5.87. The number of methoxy groups -OCH3 is 2. The molecule has 0 fully saturated rings. The minimum atomic E-state index is -4.91. The second kappa shape index (κ2) is 21.5. The van der Waals surface area contributed by atoms with Crippen molar-refractivity contribution in [1.82, 2.24) is 9.97 Å². The first-order valence-electron chi connectivity index (χ1n) is 19.0. The topological polar surface area (TPSA) is 186 Å². The maximum atomic E-state index is 13.6. The van der Waals surface area contributed by atoms with Crippen molar-refractivity contribution in [2.24, 2.45) is 0 Å². The highest BCUT2D eigenvalue weighted by Crippen LogP contribution is 2.40. The molecule has 0 atom stereocenters. The largest absolute Gasteiger partial charge is 0.490 e. The molecule has 66 heavy (non-hydrogen) atoms. The van der Waals surface area contributed by atoms with E-state index < -0.39 is 110 Å². The number of pyridine rings is 2. The molecule has 1 N–H and O–H groups in total. The number of carboxylic acid groups (broad SMARTS) is 1. The fourth-order valence-corrected chi connectivity index (χ4v) is 9.43. The number of carbonyl (C=O) groups excluding carboxylic acids is 1. The molecular formula is C38H32Cl4F6N5O10PS2. The van der Waals surface area contributed by atoms with Crippen molar-refractivity contribution < 1.29 is 72.1 Å². The molecular weight excluding hydrogens is 1040 g/mol. The van der Waals surface area contributed by atoms with Crippen molar-refractivity contribution in [2.75, 3.05) is 54.3 Å². The number of para-hydroxylation sites is 2. The average Bonchev–Trinajstić information content (AvgIpc) is 3.26. The third-order valence-electron chi connectivity index (χ3n) is 8.74. The predicted molar refractivity (Wildman–Crippen MR) is 236 cm³/mol. The van der Waals surface area contributed by atoms with Crippen LogP contribution in [0.15, 0.2) is 95.0 Å². The zero-order valence-corrected chi connectivity index (χ0v) is 38.9. The summed E-state index contributed by atoms with van der Waals surface area (Å²) in [6.07, 6.45) is -7.67. The van der Waals surface area contributed by atoms with Crippen molar-refractivity contribution in [2.45, 2.75) is 22.1 Å². The van der Waals surface area contributed by atoms with E-state index in [0.29, 0.717) is 32.2 Å². The van der Waals surface area contributed by atoms with Gasteiger partial charge in [-0.3, -0.25) is 4.79 Å². The van der Waals surface area contributed by atoms with Gasteiger partial charge in [0.05, 0.1) is 68.5 Å². The molecule has 28 heteroatoms. The van der Waals surface area contributed by atoms with Gasteiger partial charge in [0.2, 0.25) is 0 Å². The lowest BCUT2D eigenvalue weighted by Crippen LogP contribution is -2.40. The van der Waals surface area contributed by atoms with Crippen LogP contribution in [0.5, 0.6) is 5.75 Å². The SMILES string of the molecule is COCN(c1cc(Cl)cnc1C(=O)N1CCOc2ccccc21)S(=O)(=O)c1ccc(Cl)c(C(F)(F)F)c1.COCN(c1cc(Cl)cnc1C(=O)O)S(=O)(=O)c1ccc(Cl)c(C(F)(F)F)c1.[3H]P([3H])[3H]. The summed E-state index contributed by atoms with van der Waals surface area (Å²) in [4.78, 5) is 32.5. The number of anilines is 3. The Morgan fingerprint density at radius 2 is 1.21 bits per heavy atom. The summed E-state index contributed by atoms with van der Waals surface area (Å²) in [5.74, 6) is -1.80. The number of carboxylic acids is 1. The summed E-state index contributed by atoms with van der Waals surface area (Å²) < 4.78 is 167. The van der Waals surface area contributed by atoms with Crippen LogP contribution in [-0.2, 0) is 41.9 Å². The van der Waals surface area contributed by atoms with Gasteiger partial charge < -0.3 is 24.2 Å². The number of amides is 1. The van der Waals surface area contributed by atoms with E-state index in [-0.39, 0.29) is 34.6 Å². The molecule has 0 unspecified atom stereocenters. The molecule has 0 bridgehead atoms. The number of aromatic nitrogens is 2. The third kappa shape index (κ3) is 11.9. The molecule has 1 amide bonds. The minimum absolute atomic E-state index is 0.0164. The highest BCUT2D eigenvalue weighted by atomic mass is 35.5. The van der Waals surface area contributed by atoms with E-state index in [4.69, 9.17) is 64.5 Å². The van der Waals surface area contributed by atoms with Gasteiger partial charge in [-0.2, -0.15) is 36.1 Å². The van der Waals surface area contributed by atoms with Crippen LogP contribution in [0.4, 0.5) is 43.4 Å². The molecule has 1 aliphatic heterocycles. The first-order valence-corrected chi connectivity index (χ1v) is 22.1. The summed E-state index contributed by atoms with van der Waals surface area (Å²) in [7, 11) is -9.00. The number of fused-ring (bicyclic) bond motifs is 1. The molecule has 5 aromatic rings. The molecule has 3 heterocycles. The standard InChI is InChI=1S/C23H18Cl2F3N3O5S.C15H11Cl2F3N2O5S.H3P/c1-35-13-31(37(33,34)15-6-7-17(25)16(11-15)23(26,27)28)19-10-14(24)12-29-21(19)22(32)30-8-9-36-20-5-3-2-4-18(20)30;1-27-7-22(12-4-8(16)6-21-13(12)14(23)24)28(25,26)9-2-3-11(17)10(5-9)15(18,19)20;/h2-7,10-12H,8-9,13H2,1H3;2-6H,7H2,1H3,(H,23,24);1H3/i;;1T3. The Balaban J connectivity index is 0.000000288. The molecule has 0 radical (unpaired) electrons. The van der Waals surface area contributed by atoms with Crippen molar-refractivity contribution in [1.29, 1.82) is 3.84 Å². The summed E-state index contributed by atoms with van der Waals surface area (Å²) in [5.41, 5.74) is -4.03. The summed E-state index contributed by atoms with van der Waals surface area (Å²) >= 11 is 23.1. The zero-order chi connectivity index (χ0) is 51.8. The highest BCUT2D eigenvalue weighted by Gasteiger charge is 2.39. The Labute approximate surface area is 399 Å². The van der Waals surface area contributed by atoms with E-state index in [1.807, 2.05) is 0 Å². The molecule has 0 saturated carbocycles. The van der Waals surface area contributed by atoms with Crippen LogP contribution < -0.4 is 18.2 Å². The lowest BCUT2D eigenvalue weighted by Gasteiger charge is -2.31. The summed E-state index contributed by atoms with van der Waals surface area (Å²) in [5, 5.41) is 7.79. The molecule has 2 aromatic heterocycles. The number of nitrogens with zero attached hydrogens (tertiary/aromatic N) is 5. The molecule has 0 aliphatic carbocycles. The minimum Gasteiger partial charge on any atom is -0.490 e. The highest BCUT2D eigenvalue weighted by molar-refractivity contribution is 7.93. The fraction of sp³-hybridized carbons (Fsp3) is 0.211. The van der Waals surface area contributed by atoms with Gasteiger partial charge in [0, 0.05) is 26.6 Å². The first kappa shape index (κ1) is 49.2. The Morgan fingerprint density at radius 3 is 1.65 bits per heavy atom. The molecule has 6 rings (SSSR count). The Hall–Kier alpha value is -4.71. The average molecular weight is 1080 g/mol. The lowest BCUT2D eigenvalue weighted by atomic mass is 10.2. The number of halogens is 10. The molecule has 1 aliphatic rings. The van der Waals surface area contributed by atoms with Gasteiger partial charge >= 0.3 is 18.3 Å². The lowest BCUT2D eigenvalue weighted by molar-refractivity contribution is -0.138. The number of alkyl halides is 6. The molecule has 356 valence electrons. The van der Waals surface area contributed by atoms with E-state index >= 15 is 0 Å². The number of aromatic carboxylic acids is 1. The molecule has 3 aromatic carbocycles. The van der Waals surface area contributed by atoms with Crippen LogP contribution in [0, 0.1) is 0 Å². The normalized spacial score (nSPS) is 13.3. The number of hydrogen-bond donors (Lipinski definition) is 1. The van der Waals surface area contributed by atoms with Gasteiger partial charge in [0.25, 0.3) is 26.0 Å². The van der Waals surface area contributed by atoms with E-state index in [2.05, 4.69) is 9.97 Å².